The van der Waals surface area contributed by atoms with Crippen molar-refractivity contribution in [2.45, 2.75) is 6.61 Å². The zero-order valence-corrected chi connectivity index (χ0v) is 8.07. The summed E-state index contributed by atoms with van der Waals surface area (Å²) < 4.78 is 7.71. The Labute approximate surface area is 85.3 Å². The second-order valence-electron chi connectivity index (χ2n) is 2.86. The summed E-state index contributed by atoms with van der Waals surface area (Å²) in [4.78, 5) is 19.0. The van der Waals surface area contributed by atoms with Crippen LogP contribution >= 0.6 is 0 Å². The highest BCUT2D eigenvalue weighted by Gasteiger charge is 2.06. The highest BCUT2D eigenvalue weighted by atomic mass is 16.5. The molecule has 0 aliphatic heterocycles. The SMILES string of the molecule is Cn1cnc(COC(=O)n2ccnc2)n1. The maximum absolute atomic E-state index is 11.3. The van der Waals surface area contributed by atoms with Gasteiger partial charge in [-0.1, -0.05) is 0 Å². The lowest BCUT2D eigenvalue weighted by molar-refractivity contribution is 0.138. The summed E-state index contributed by atoms with van der Waals surface area (Å²) in [6.07, 6.45) is 5.42. The van der Waals surface area contributed by atoms with Crippen LogP contribution in [0.15, 0.2) is 25.0 Å². The number of nitrogens with zero attached hydrogens (tertiary/aromatic N) is 5. The average Bonchev–Trinajstić information content (AvgIpc) is 2.84. The van der Waals surface area contributed by atoms with E-state index in [0.717, 1.165) is 0 Å². The van der Waals surface area contributed by atoms with E-state index in [4.69, 9.17) is 4.74 Å². The standard InChI is InChI=1S/C8H9N5O2/c1-12-6-10-7(11-12)4-15-8(14)13-3-2-9-5-13/h2-3,5-6H,4H2,1H3. The molecular formula is C8H9N5O2. The Kier molecular flexibility index (Phi) is 2.44. The van der Waals surface area contributed by atoms with Gasteiger partial charge in [-0.2, -0.15) is 5.10 Å². The Hall–Kier alpha value is -2.18. The van der Waals surface area contributed by atoms with E-state index in [2.05, 4.69) is 15.1 Å². The van der Waals surface area contributed by atoms with Gasteiger partial charge in [0.15, 0.2) is 12.4 Å². The van der Waals surface area contributed by atoms with E-state index in [1.807, 2.05) is 0 Å². The number of aromatic nitrogens is 5. The number of carbonyl (C=O) groups is 1. The van der Waals surface area contributed by atoms with Crippen LogP contribution in [0.4, 0.5) is 4.79 Å². The minimum atomic E-state index is -0.500. The van der Waals surface area contributed by atoms with Crippen molar-refractivity contribution in [3.05, 3.63) is 30.9 Å². The molecule has 15 heavy (non-hydrogen) atoms. The molecule has 78 valence electrons. The monoisotopic (exact) mass is 207 g/mol. The van der Waals surface area contributed by atoms with Gasteiger partial charge in [0.2, 0.25) is 0 Å². The Morgan fingerprint density at radius 2 is 2.40 bits per heavy atom. The van der Waals surface area contributed by atoms with Gasteiger partial charge in [-0.15, -0.1) is 0 Å². The molecular weight excluding hydrogens is 198 g/mol. The molecule has 0 N–H and O–H groups in total. The molecule has 0 amide bonds. The molecule has 2 rings (SSSR count). The van der Waals surface area contributed by atoms with Crippen LogP contribution in [0.25, 0.3) is 0 Å². The Morgan fingerprint density at radius 1 is 1.53 bits per heavy atom. The maximum Gasteiger partial charge on any atom is 0.419 e. The van der Waals surface area contributed by atoms with E-state index in [0.29, 0.717) is 5.82 Å². The molecule has 0 spiro atoms. The van der Waals surface area contributed by atoms with Gasteiger partial charge in [0.05, 0.1) is 0 Å². The zero-order chi connectivity index (χ0) is 10.7. The van der Waals surface area contributed by atoms with Gasteiger partial charge < -0.3 is 4.74 Å². The van der Waals surface area contributed by atoms with Gasteiger partial charge >= 0.3 is 6.09 Å². The summed E-state index contributed by atoms with van der Waals surface area (Å²) in [5.41, 5.74) is 0. The number of rotatable bonds is 2. The van der Waals surface area contributed by atoms with Crippen LogP contribution in [-0.4, -0.2) is 30.4 Å². The average molecular weight is 207 g/mol. The molecule has 7 nitrogen and oxygen atoms in total. The van der Waals surface area contributed by atoms with Crippen LogP contribution < -0.4 is 0 Å². The number of aryl methyl sites for hydroxylation is 1. The first-order valence-electron chi connectivity index (χ1n) is 4.25. The first kappa shape index (κ1) is 9.38. The van der Waals surface area contributed by atoms with Crippen molar-refractivity contribution in [2.24, 2.45) is 7.05 Å². The van der Waals surface area contributed by atoms with Crippen LogP contribution in [0.1, 0.15) is 5.82 Å². The Morgan fingerprint density at radius 3 is 3.00 bits per heavy atom. The molecule has 0 fully saturated rings. The number of hydrogen-bond acceptors (Lipinski definition) is 5. The normalized spacial score (nSPS) is 10.2. The van der Waals surface area contributed by atoms with Gasteiger partial charge in [-0.3, -0.25) is 4.68 Å². The largest absolute Gasteiger partial charge is 0.441 e. The van der Waals surface area contributed by atoms with Crippen molar-refractivity contribution in [3.63, 3.8) is 0 Å². The first-order valence-corrected chi connectivity index (χ1v) is 4.25. The van der Waals surface area contributed by atoms with E-state index in [9.17, 15) is 4.79 Å². The van der Waals surface area contributed by atoms with Crippen molar-refractivity contribution in [1.82, 2.24) is 24.3 Å². The lowest BCUT2D eigenvalue weighted by Gasteiger charge is -2.00. The third-order valence-electron chi connectivity index (χ3n) is 1.69. The van der Waals surface area contributed by atoms with Crippen molar-refractivity contribution in [1.29, 1.82) is 0 Å². The minimum Gasteiger partial charge on any atom is -0.441 e. The molecule has 0 aromatic carbocycles. The highest BCUT2D eigenvalue weighted by Crippen LogP contribution is 1.95. The van der Waals surface area contributed by atoms with E-state index in [1.54, 1.807) is 18.1 Å². The molecule has 0 aliphatic carbocycles. The summed E-state index contributed by atoms with van der Waals surface area (Å²) in [6.45, 7) is 0.0534. The number of hydrogen-bond donors (Lipinski definition) is 0. The number of imidazole rings is 1. The molecule has 2 aromatic heterocycles. The number of carbonyl (C=O) groups excluding carboxylic acids is 1. The van der Waals surface area contributed by atoms with Crippen molar-refractivity contribution in [2.75, 3.05) is 0 Å². The van der Waals surface area contributed by atoms with Gasteiger partial charge in [0.1, 0.15) is 12.7 Å². The molecule has 0 radical (unpaired) electrons. The Bertz CT molecular complexity index is 447. The fourth-order valence-electron chi connectivity index (χ4n) is 1.02. The van der Waals surface area contributed by atoms with Crippen LogP contribution in [0, 0.1) is 0 Å². The summed E-state index contributed by atoms with van der Waals surface area (Å²) in [5.74, 6) is 0.464. The fourth-order valence-corrected chi connectivity index (χ4v) is 1.02. The fraction of sp³-hybridized carbons (Fsp3) is 0.250. The lowest BCUT2D eigenvalue weighted by atomic mass is 10.7. The zero-order valence-electron chi connectivity index (χ0n) is 8.07. The summed E-state index contributed by atoms with van der Waals surface area (Å²) in [7, 11) is 1.74. The van der Waals surface area contributed by atoms with Gasteiger partial charge in [0, 0.05) is 19.4 Å². The summed E-state index contributed by atoms with van der Waals surface area (Å²) in [5, 5.41) is 3.97. The van der Waals surface area contributed by atoms with Gasteiger partial charge in [-0.05, 0) is 0 Å². The third-order valence-corrected chi connectivity index (χ3v) is 1.69. The van der Waals surface area contributed by atoms with Gasteiger partial charge in [-0.25, -0.2) is 19.3 Å². The molecule has 0 bridgehead atoms. The van der Waals surface area contributed by atoms with Crippen molar-refractivity contribution in [3.8, 4) is 0 Å². The van der Waals surface area contributed by atoms with Crippen LogP contribution in [-0.2, 0) is 18.4 Å². The number of ether oxygens (including phenoxy) is 1. The van der Waals surface area contributed by atoms with Crippen LogP contribution in [0.5, 0.6) is 0 Å². The highest BCUT2D eigenvalue weighted by molar-refractivity contribution is 5.69. The minimum absolute atomic E-state index is 0.0534. The quantitative estimate of drug-likeness (QED) is 0.703. The molecule has 2 heterocycles. The molecule has 0 atom stereocenters. The van der Waals surface area contributed by atoms with E-state index < -0.39 is 6.09 Å². The second kappa shape index (κ2) is 3.91. The topological polar surface area (TPSA) is 74.8 Å². The maximum atomic E-state index is 11.3. The molecule has 0 saturated heterocycles. The first-order chi connectivity index (χ1) is 7.25. The molecule has 7 heteroatoms. The van der Waals surface area contributed by atoms with Crippen molar-refractivity contribution >= 4 is 6.09 Å². The van der Waals surface area contributed by atoms with Crippen LogP contribution in [0.2, 0.25) is 0 Å². The summed E-state index contributed by atoms with van der Waals surface area (Å²) >= 11 is 0. The van der Waals surface area contributed by atoms with E-state index in [1.165, 1.54) is 23.3 Å². The molecule has 0 unspecified atom stereocenters. The second-order valence-corrected chi connectivity index (χ2v) is 2.86. The third kappa shape index (κ3) is 2.19. The van der Waals surface area contributed by atoms with Crippen molar-refractivity contribution < 1.29 is 9.53 Å². The lowest BCUT2D eigenvalue weighted by Crippen LogP contribution is -2.12. The van der Waals surface area contributed by atoms with E-state index in [-0.39, 0.29) is 6.61 Å². The van der Waals surface area contributed by atoms with Gasteiger partial charge in [0.25, 0.3) is 0 Å². The molecule has 0 aliphatic rings. The van der Waals surface area contributed by atoms with E-state index >= 15 is 0 Å². The van der Waals surface area contributed by atoms with Crippen LogP contribution in [0.3, 0.4) is 0 Å². The Balaban J connectivity index is 1.91. The molecule has 2 aromatic rings. The summed E-state index contributed by atoms with van der Waals surface area (Å²) in [6, 6.07) is 0. The predicted octanol–water partition coefficient (Wildman–Crippen LogP) is 0.196. The smallest absolute Gasteiger partial charge is 0.419 e. The predicted molar refractivity (Wildman–Crippen MR) is 48.8 cm³/mol. The molecule has 0 saturated carbocycles.